The van der Waals surface area contributed by atoms with Gasteiger partial charge in [0.15, 0.2) is 5.54 Å². The number of nitrogens with one attached hydrogen (secondary N) is 2. The van der Waals surface area contributed by atoms with E-state index in [1.165, 1.54) is 18.2 Å². The van der Waals surface area contributed by atoms with Crippen LogP contribution in [0.25, 0.3) is 0 Å². The summed E-state index contributed by atoms with van der Waals surface area (Å²) in [6, 6.07) is 8.88. The van der Waals surface area contributed by atoms with Crippen LogP contribution in [-0.2, 0) is 10.3 Å². The predicted molar refractivity (Wildman–Crippen MR) is 82.1 cm³/mol. The molecule has 23 heavy (non-hydrogen) atoms. The van der Waals surface area contributed by atoms with Crippen LogP contribution in [-0.4, -0.2) is 11.6 Å². The van der Waals surface area contributed by atoms with Crippen molar-refractivity contribution >= 4 is 17.3 Å². The summed E-state index contributed by atoms with van der Waals surface area (Å²) in [5, 5.41) is 7.00. The third kappa shape index (κ3) is 1.94. The van der Waals surface area contributed by atoms with Crippen LogP contribution in [0.4, 0.5) is 14.5 Å². The van der Waals surface area contributed by atoms with Crippen LogP contribution >= 0.6 is 0 Å². The minimum Gasteiger partial charge on any atom is -0.323 e. The van der Waals surface area contributed by atoms with Gasteiger partial charge in [0.05, 0.1) is 5.71 Å². The van der Waals surface area contributed by atoms with Crippen molar-refractivity contribution in [1.29, 1.82) is 0 Å². The van der Waals surface area contributed by atoms with E-state index in [2.05, 4.69) is 15.8 Å². The van der Waals surface area contributed by atoms with Crippen LogP contribution < -0.4 is 10.7 Å². The zero-order chi connectivity index (χ0) is 16.2. The summed E-state index contributed by atoms with van der Waals surface area (Å²) in [4.78, 5) is 12.4. The molecule has 2 N–H and O–H groups in total. The third-order valence-corrected chi connectivity index (χ3v) is 4.38. The molecule has 2 heterocycles. The molecular formula is C17H13F2N3O. The Morgan fingerprint density at radius 2 is 2.00 bits per heavy atom. The maximum absolute atomic E-state index is 13.6. The maximum Gasteiger partial charge on any atom is 0.256 e. The second-order valence-electron chi connectivity index (χ2n) is 5.86. The molecule has 2 aliphatic rings. The number of hydrazone groups is 1. The van der Waals surface area contributed by atoms with Gasteiger partial charge >= 0.3 is 0 Å². The SMILES string of the molecule is Cc1cc(C2=NN[C@]3(C2)C(=O)Nc2ccc(F)cc23)ccc1F. The van der Waals surface area contributed by atoms with Gasteiger partial charge in [0, 0.05) is 17.7 Å². The van der Waals surface area contributed by atoms with Crippen molar-refractivity contribution in [2.75, 3.05) is 5.32 Å². The number of hydrogen-bond donors (Lipinski definition) is 2. The van der Waals surface area contributed by atoms with Crippen molar-refractivity contribution in [1.82, 2.24) is 5.43 Å². The Bertz CT molecular complexity index is 878. The molecule has 1 amide bonds. The highest BCUT2D eigenvalue weighted by atomic mass is 19.1. The van der Waals surface area contributed by atoms with Gasteiger partial charge < -0.3 is 5.32 Å². The fraction of sp³-hybridized carbons (Fsp3) is 0.176. The number of nitrogens with zero attached hydrogens (tertiary/aromatic N) is 1. The topological polar surface area (TPSA) is 53.5 Å². The number of benzene rings is 2. The monoisotopic (exact) mass is 313 g/mol. The molecule has 116 valence electrons. The molecule has 2 aromatic rings. The second kappa shape index (κ2) is 4.62. The van der Waals surface area contributed by atoms with E-state index in [1.807, 2.05) is 0 Å². The van der Waals surface area contributed by atoms with Gasteiger partial charge in [0.25, 0.3) is 5.91 Å². The van der Waals surface area contributed by atoms with Gasteiger partial charge in [-0.3, -0.25) is 10.2 Å². The Balaban J connectivity index is 1.73. The van der Waals surface area contributed by atoms with Gasteiger partial charge in [-0.2, -0.15) is 5.10 Å². The van der Waals surface area contributed by atoms with E-state index in [0.29, 0.717) is 22.5 Å². The number of halogens is 2. The minimum absolute atomic E-state index is 0.268. The first-order valence-corrected chi connectivity index (χ1v) is 7.21. The van der Waals surface area contributed by atoms with Gasteiger partial charge in [0.2, 0.25) is 0 Å². The van der Waals surface area contributed by atoms with Gasteiger partial charge in [-0.05, 0) is 48.4 Å². The van der Waals surface area contributed by atoms with Crippen LogP contribution in [0.5, 0.6) is 0 Å². The van der Waals surface area contributed by atoms with Crippen molar-refractivity contribution in [3.63, 3.8) is 0 Å². The molecule has 0 unspecified atom stereocenters. The van der Waals surface area contributed by atoms with Crippen molar-refractivity contribution < 1.29 is 13.6 Å². The number of hydrogen-bond acceptors (Lipinski definition) is 3. The van der Waals surface area contributed by atoms with Crippen LogP contribution in [0.2, 0.25) is 0 Å². The maximum atomic E-state index is 13.6. The summed E-state index contributed by atoms with van der Waals surface area (Å²) in [7, 11) is 0. The molecule has 1 atom stereocenters. The van der Waals surface area contributed by atoms with Crippen molar-refractivity contribution in [2.45, 2.75) is 18.9 Å². The van der Waals surface area contributed by atoms with Crippen LogP contribution in [0.1, 0.15) is 23.1 Å². The minimum atomic E-state index is -1.10. The molecule has 0 aliphatic carbocycles. The zero-order valence-electron chi connectivity index (χ0n) is 12.3. The van der Waals surface area contributed by atoms with E-state index in [0.717, 1.165) is 5.56 Å². The highest BCUT2D eigenvalue weighted by Gasteiger charge is 2.50. The molecule has 6 heteroatoms. The molecule has 0 aromatic heterocycles. The van der Waals surface area contributed by atoms with Gasteiger partial charge in [-0.1, -0.05) is 6.07 Å². The van der Waals surface area contributed by atoms with E-state index in [9.17, 15) is 13.6 Å². The number of amides is 1. The lowest BCUT2D eigenvalue weighted by Crippen LogP contribution is -2.42. The highest BCUT2D eigenvalue weighted by molar-refractivity contribution is 6.13. The summed E-state index contributed by atoms with van der Waals surface area (Å²) in [6.45, 7) is 1.67. The molecule has 0 saturated heterocycles. The standard InChI is InChI=1S/C17H13F2N3O/c1-9-6-10(2-4-13(9)19)15-8-17(22-21-15)12-7-11(18)3-5-14(12)20-16(17)23/h2-7,22H,8H2,1H3,(H,20,23)/t17-/m0/s1. The number of anilines is 1. The normalized spacial score (nSPS) is 21.9. The van der Waals surface area contributed by atoms with Crippen molar-refractivity contribution in [2.24, 2.45) is 5.10 Å². The fourth-order valence-corrected chi connectivity index (χ4v) is 3.10. The van der Waals surface area contributed by atoms with Gasteiger partial charge in [-0.25, -0.2) is 8.78 Å². The van der Waals surface area contributed by atoms with Crippen molar-refractivity contribution in [3.8, 4) is 0 Å². The van der Waals surface area contributed by atoms with Gasteiger partial charge in [0.1, 0.15) is 11.6 Å². The molecule has 2 aliphatic heterocycles. The molecular weight excluding hydrogens is 300 g/mol. The predicted octanol–water partition coefficient (Wildman–Crippen LogP) is 2.82. The number of carbonyl (C=O) groups is 1. The van der Waals surface area contributed by atoms with E-state index in [-0.39, 0.29) is 18.1 Å². The molecule has 2 aromatic carbocycles. The highest BCUT2D eigenvalue weighted by Crippen LogP contribution is 2.41. The van der Waals surface area contributed by atoms with E-state index in [4.69, 9.17) is 0 Å². The van der Waals surface area contributed by atoms with E-state index >= 15 is 0 Å². The number of fused-ring (bicyclic) bond motifs is 2. The summed E-state index contributed by atoms with van der Waals surface area (Å²) in [5.41, 5.74) is 4.77. The average Bonchev–Trinajstić information content (AvgIpc) is 3.08. The number of carbonyl (C=O) groups excluding carboxylic acids is 1. The molecule has 0 fully saturated rings. The lowest BCUT2D eigenvalue weighted by Gasteiger charge is -2.20. The Kier molecular flexibility index (Phi) is 2.78. The molecule has 0 radical (unpaired) electrons. The first-order valence-electron chi connectivity index (χ1n) is 7.21. The zero-order valence-corrected chi connectivity index (χ0v) is 12.3. The van der Waals surface area contributed by atoms with E-state index < -0.39 is 11.4 Å². The second-order valence-corrected chi connectivity index (χ2v) is 5.86. The molecule has 4 rings (SSSR count). The average molecular weight is 313 g/mol. The first-order chi connectivity index (χ1) is 11.0. The molecule has 0 bridgehead atoms. The lowest BCUT2D eigenvalue weighted by atomic mass is 9.86. The Morgan fingerprint density at radius 1 is 1.17 bits per heavy atom. The van der Waals surface area contributed by atoms with Gasteiger partial charge in [-0.15, -0.1) is 0 Å². The Hall–Kier alpha value is -2.76. The smallest absolute Gasteiger partial charge is 0.256 e. The Labute approximate surface area is 131 Å². The van der Waals surface area contributed by atoms with E-state index in [1.54, 1.807) is 25.1 Å². The largest absolute Gasteiger partial charge is 0.323 e. The molecule has 0 saturated carbocycles. The summed E-state index contributed by atoms with van der Waals surface area (Å²) >= 11 is 0. The van der Waals surface area contributed by atoms with Crippen LogP contribution in [0.3, 0.4) is 0 Å². The first kappa shape index (κ1) is 13.9. The molecule has 1 spiro atoms. The lowest BCUT2D eigenvalue weighted by molar-refractivity contribution is -0.121. The Morgan fingerprint density at radius 3 is 2.78 bits per heavy atom. The fourth-order valence-electron chi connectivity index (χ4n) is 3.10. The summed E-state index contributed by atoms with van der Waals surface area (Å²) in [5.74, 6) is -0.968. The van der Waals surface area contributed by atoms with Crippen LogP contribution in [0, 0.1) is 18.6 Å². The quantitative estimate of drug-likeness (QED) is 0.850. The van der Waals surface area contributed by atoms with Crippen LogP contribution in [0.15, 0.2) is 41.5 Å². The third-order valence-electron chi connectivity index (χ3n) is 4.38. The van der Waals surface area contributed by atoms with Crippen molar-refractivity contribution in [3.05, 3.63) is 64.7 Å². The number of aryl methyl sites for hydroxylation is 1. The number of rotatable bonds is 1. The summed E-state index contributed by atoms with van der Waals surface area (Å²) < 4.78 is 27.0. The summed E-state index contributed by atoms with van der Waals surface area (Å²) in [6.07, 6.45) is 0.278. The molecule has 4 nitrogen and oxygen atoms in total.